The van der Waals surface area contributed by atoms with Crippen LogP contribution in [0.4, 0.5) is 0 Å². The van der Waals surface area contributed by atoms with Crippen LogP contribution in [0.2, 0.25) is 0 Å². The third-order valence-corrected chi connectivity index (χ3v) is 14.6. The van der Waals surface area contributed by atoms with Crippen LogP contribution in [-0.2, 0) is 14.3 Å². The van der Waals surface area contributed by atoms with Gasteiger partial charge < -0.3 is 20.3 Å². The van der Waals surface area contributed by atoms with Gasteiger partial charge in [0.05, 0.1) is 25.4 Å². The van der Waals surface area contributed by atoms with Crippen LogP contribution < -0.4 is 5.32 Å². The zero-order chi connectivity index (χ0) is 51.4. The average Bonchev–Trinajstić information content (AvgIpc) is 3.37. The van der Waals surface area contributed by atoms with Crippen molar-refractivity contribution in [2.75, 3.05) is 13.2 Å². The molecule has 0 saturated heterocycles. The Morgan fingerprint density at radius 2 is 0.676 bits per heavy atom. The molecule has 3 N–H and O–H groups in total. The highest BCUT2D eigenvalue weighted by Crippen LogP contribution is 2.17. The van der Waals surface area contributed by atoms with Gasteiger partial charge in [0, 0.05) is 12.8 Å². The fraction of sp³-hybridized carbons (Fsp3) is 0.877. The molecule has 0 bridgehead atoms. The van der Waals surface area contributed by atoms with Crippen LogP contribution in [0.25, 0.3) is 0 Å². The smallest absolute Gasteiger partial charge is 0.305 e. The first kappa shape index (κ1) is 69.1. The Labute approximate surface area is 443 Å². The van der Waals surface area contributed by atoms with E-state index in [-0.39, 0.29) is 18.5 Å². The van der Waals surface area contributed by atoms with Gasteiger partial charge in [0.25, 0.3) is 0 Å². The predicted molar refractivity (Wildman–Crippen MR) is 310 cm³/mol. The largest absolute Gasteiger partial charge is 0.466 e. The van der Waals surface area contributed by atoms with E-state index in [0.29, 0.717) is 19.4 Å². The molecule has 0 saturated carbocycles. The molecule has 6 nitrogen and oxygen atoms in total. The van der Waals surface area contributed by atoms with Crippen molar-refractivity contribution in [2.45, 2.75) is 353 Å². The molecular formula is C65H123NO5. The van der Waals surface area contributed by atoms with Gasteiger partial charge in [-0.25, -0.2) is 0 Å². The summed E-state index contributed by atoms with van der Waals surface area (Å²) in [6, 6.07) is -0.640. The van der Waals surface area contributed by atoms with Crippen LogP contribution in [0.15, 0.2) is 36.5 Å². The molecule has 1 amide bonds. The fourth-order valence-corrected chi connectivity index (χ4v) is 9.73. The predicted octanol–water partition coefficient (Wildman–Crippen LogP) is 20.0. The van der Waals surface area contributed by atoms with E-state index in [1.54, 1.807) is 6.08 Å². The highest BCUT2D eigenvalue weighted by molar-refractivity contribution is 5.76. The molecule has 0 radical (unpaired) electrons. The molecule has 0 heterocycles. The minimum absolute atomic E-state index is 0.00873. The summed E-state index contributed by atoms with van der Waals surface area (Å²) in [5.41, 5.74) is 0. The molecule has 6 heteroatoms. The summed E-state index contributed by atoms with van der Waals surface area (Å²) < 4.78 is 5.45. The number of rotatable bonds is 59. The van der Waals surface area contributed by atoms with Crippen molar-refractivity contribution in [1.29, 1.82) is 0 Å². The molecule has 71 heavy (non-hydrogen) atoms. The Kier molecular flexibility index (Phi) is 59.0. The van der Waals surface area contributed by atoms with E-state index in [1.165, 1.54) is 250 Å². The summed E-state index contributed by atoms with van der Waals surface area (Å²) in [6.45, 7) is 4.87. The first-order chi connectivity index (χ1) is 35.0. The number of hydrogen-bond donors (Lipinski definition) is 3. The number of amides is 1. The van der Waals surface area contributed by atoms with E-state index in [1.807, 2.05) is 6.08 Å². The number of allylic oxidation sites excluding steroid dienone is 5. The van der Waals surface area contributed by atoms with Gasteiger partial charge >= 0.3 is 5.97 Å². The number of carbonyl (C=O) groups is 2. The lowest BCUT2D eigenvalue weighted by molar-refractivity contribution is -0.143. The third-order valence-electron chi connectivity index (χ3n) is 14.6. The molecule has 418 valence electrons. The summed E-state index contributed by atoms with van der Waals surface area (Å²) in [4.78, 5) is 24.5. The SMILES string of the molecule is CCCC/C=C\CCCCCCCC(=O)OCCCCCCCCCCC/C=C\CCCCCCCC(=O)NC(CO)C(O)/C=C/CCCCCCCCCCCCCCCCCCCCCCCCC. The summed E-state index contributed by atoms with van der Waals surface area (Å²) >= 11 is 0. The Hall–Kier alpha value is -1.92. The number of hydrogen-bond acceptors (Lipinski definition) is 5. The first-order valence-electron chi connectivity index (χ1n) is 31.8. The lowest BCUT2D eigenvalue weighted by atomic mass is 10.0. The Morgan fingerprint density at radius 1 is 0.380 bits per heavy atom. The monoisotopic (exact) mass is 998 g/mol. The van der Waals surface area contributed by atoms with Gasteiger partial charge in [0.2, 0.25) is 5.91 Å². The van der Waals surface area contributed by atoms with Gasteiger partial charge in [-0.3, -0.25) is 9.59 Å². The topological polar surface area (TPSA) is 95.9 Å². The maximum Gasteiger partial charge on any atom is 0.305 e. The van der Waals surface area contributed by atoms with Gasteiger partial charge in [-0.15, -0.1) is 0 Å². The second-order valence-electron chi connectivity index (χ2n) is 21.7. The van der Waals surface area contributed by atoms with Crippen molar-refractivity contribution in [1.82, 2.24) is 5.32 Å². The van der Waals surface area contributed by atoms with Gasteiger partial charge in [-0.05, 0) is 77.0 Å². The van der Waals surface area contributed by atoms with Crippen LogP contribution in [-0.4, -0.2) is 47.4 Å². The molecule has 0 aliphatic rings. The Bertz CT molecular complexity index is 1150. The van der Waals surface area contributed by atoms with Crippen LogP contribution in [0, 0.1) is 0 Å². The molecule has 0 spiro atoms. The van der Waals surface area contributed by atoms with E-state index in [2.05, 4.69) is 43.5 Å². The van der Waals surface area contributed by atoms with Crippen LogP contribution in [0.5, 0.6) is 0 Å². The van der Waals surface area contributed by atoms with E-state index in [0.717, 1.165) is 64.2 Å². The van der Waals surface area contributed by atoms with E-state index in [4.69, 9.17) is 4.74 Å². The Balaban J connectivity index is 3.49. The molecule has 0 fully saturated rings. The van der Waals surface area contributed by atoms with Gasteiger partial charge in [-0.1, -0.05) is 288 Å². The lowest BCUT2D eigenvalue weighted by Crippen LogP contribution is -2.45. The number of aliphatic hydroxyl groups is 2. The second-order valence-corrected chi connectivity index (χ2v) is 21.7. The quantitative estimate of drug-likeness (QED) is 0.0321. The summed E-state index contributed by atoms with van der Waals surface area (Å²) in [5.74, 6) is -0.0883. The molecule has 0 aromatic heterocycles. The Morgan fingerprint density at radius 3 is 1.04 bits per heavy atom. The van der Waals surface area contributed by atoms with Gasteiger partial charge in [-0.2, -0.15) is 0 Å². The van der Waals surface area contributed by atoms with Gasteiger partial charge in [0.15, 0.2) is 0 Å². The van der Waals surface area contributed by atoms with E-state index < -0.39 is 12.1 Å². The van der Waals surface area contributed by atoms with Crippen molar-refractivity contribution in [3.05, 3.63) is 36.5 Å². The average molecular weight is 999 g/mol. The molecule has 0 aliphatic heterocycles. The number of carbonyl (C=O) groups excluding carboxylic acids is 2. The van der Waals surface area contributed by atoms with Crippen molar-refractivity contribution in [2.24, 2.45) is 0 Å². The van der Waals surface area contributed by atoms with E-state index in [9.17, 15) is 19.8 Å². The maximum atomic E-state index is 12.5. The van der Waals surface area contributed by atoms with Crippen LogP contribution in [0.3, 0.4) is 0 Å². The minimum Gasteiger partial charge on any atom is -0.466 e. The van der Waals surface area contributed by atoms with Crippen molar-refractivity contribution < 1.29 is 24.5 Å². The highest BCUT2D eigenvalue weighted by atomic mass is 16.5. The summed E-state index contributed by atoms with van der Waals surface area (Å²) in [6.07, 6.45) is 76.2. The molecule has 0 aromatic rings. The van der Waals surface area contributed by atoms with Crippen molar-refractivity contribution in [3.8, 4) is 0 Å². The number of unbranched alkanes of at least 4 members (excludes halogenated alkanes) is 44. The first-order valence-corrected chi connectivity index (χ1v) is 31.8. The standard InChI is InChI=1S/C65H123NO5/c1-3-5-7-9-11-13-15-16-17-18-19-20-21-22-23-24-25-28-31-34-38-41-45-49-53-57-63(68)62(61-67)66-64(69)58-54-50-46-42-39-35-32-29-26-27-30-33-36-40-44-48-52-56-60-71-65(70)59-55-51-47-43-37-14-12-10-8-6-4-2/h10,12,29,32,53,57,62-63,67-68H,3-9,11,13-28,30-31,33-52,54-56,58-61H2,1-2H3,(H,66,69)/b12-10-,32-29-,57-53+. The van der Waals surface area contributed by atoms with Crippen LogP contribution >= 0.6 is 0 Å². The van der Waals surface area contributed by atoms with Crippen LogP contribution in [0.1, 0.15) is 341 Å². The number of aliphatic hydroxyl groups excluding tert-OH is 2. The molecule has 2 atom stereocenters. The van der Waals surface area contributed by atoms with Crippen molar-refractivity contribution in [3.63, 3.8) is 0 Å². The summed E-state index contributed by atoms with van der Waals surface area (Å²) in [5, 5.41) is 23.2. The zero-order valence-electron chi connectivity index (χ0n) is 47.7. The number of nitrogens with one attached hydrogen (secondary N) is 1. The maximum absolute atomic E-state index is 12.5. The van der Waals surface area contributed by atoms with E-state index >= 15 is 0 Å². The number of esters is 1. The molecular weight excluding hydrogens is 875 g/mol. The molecule has 2 unspecified atom stereocenters. The number of ether oxygens (including phenoxy) is 1. The molecule has 0 aliphatic carbocycles. The normalized spacial score (nSPS) is 12.8. The minimum atomic E-state index is -0.855. The lowest BCUT2D eigenvalue weighted by Gasteiger charge is -2.20. The molecule has 0 aromatic carbocycles. The third kappa shape index (κ3) is 57.2. The zero-order valence-corrected chi connectivity index (χ0v) is 47.7. The fourth-order valence-electron chi connectivity index (χ4n) is 9.73. The highest BCUT2D eigenvalue weighted by Gasteiger charge is 2.18. The summed E-state index contributed by atoms with van der Waals surface area (Å²) in [7, 11) is 0. The molecule has 0 rings (SSSR count). The van der Waals surface area contributed by atoms with Gasteiger partial charge in [0.1, 0.15) is 0 Å². The second kappa shape index (κ2) is 60.6. The van der Waals surface area contributed by atoms with Crippen molar-refractivity contribution >= 4 is 11.9 Å².